The Morgan fingerprint density at radius 3 is 2.78 bits per heavy atom. The van der Waals surface area contributed by atoms with E-state index < -0.39 is 0 Å². The topological polar surface area (TPSA) is 23.8 Å². The molecule has 0 unspecified atom stereocenters. The number of hydrogen-bond donors (Lipinski definition) is 0. The van der Waals surface area contributed by atoms with Gasteiger partial charge in [-0.3, -0.25) is 0 Å². The van der Waals surface area contributed by atoms with Crippen LogP contribution in [-0.4, -0.2) is 0 Å². The monoisotopic (exact) mass is 337 g/mol. The fraction of sp³-hybridized carbons (Fsp3) is 0.0714. The van der Waals surface area contributed by atoms with Gasteiger partial charge in [-0.05, 0) is 41.6 Å². The van der Waals surface area contributed by atoms with Gasteiger partial charge in [-0.15, -0.1) is 11.3 Å². The predicted octanol–water partition coefficient (Wildman–Crippen LogP) is 5.45. The largest absolute Gasteiger partial charge is 0.192 e. The standard InChI is InChI=1S/C14H9BrClNS/c1-9-4-5-10(15)7-11(9)14(16)12(8-17)13-3-2-6-18-13/h2-7H,1H3. The molecule has 0 aliphatic heterocycles. The lowest BCUT2D eigenvalue weighted by molar-refractivity contribution is 1.42. The van der Waals surface area contributed by atoms with E-state index in [1.807, 2.05) is 42.6 Å². The second kappa shape index (κ2) is 5.71. The van der Waals surface area contributed by atoms with Crippen molar-refractivity contribution in [1.82, 2.24) is 0 Å². The maximum Gasteiger partial charge on any atom is 0.102 e. The molecule has 0 spiro atoms. The molecule has 4 heteroatoms. The van der Waals surface area contributed by atoms with Gasteiger partial charge in [0, 0.05) is 9.35 Å². The Kier molecular flexibility index (Phi) is 4.23. The van der Waals surface area contributed by atoms with Crippen LogP contribution in [0.3, 0.4) is 0 Å². The highest BCUT2D eigenvalue weighted by Gasteiger charge is 2.12. The summed E-state index contributed by atoms with van der Waals surface area (Å²) in [5.41, 5.74) is 2.45. The number of allylic oxidation sites excluding steroid dienone is 1. The van der Waals surface area contributed by atoms with Crippen molar-refractivity contribution in [2.45, 2.75) is 6.92 Å². The van der Waals surface area contributed by atoms with Crippen LogP contribution in [0.15, 0.2) is 40.2 Å². The van der Waals surface area contributed by atoms with Crippen LogP contribution in [0.1, 0.15) is 16.0 Å². The summed E-state index contributed by atoms with van der Waals surface area (Å²) in [6.07, 6.45) is 0. The lowest BCUT2D eigenvalue weighted by atomic mass is 10.1. The van der Waals surface area contributed by atoms with Gasteiger partial charge in [0.2, 0.25) is 0 Å². The van der Waals surface area contributed by atoms with E-state index in [4.69, 9.17) is 11.6 Å². The van der Waals surface area contributed by atoms with Gasteiger partial charge in [0.15, 0.2) is 0 Å². The highest BCUT2D eigenvalue weighted by atomic mass is 79.9. The van der Waals surface area contributed by atoms with E-state index in [0.29, 0.717) is 10.6 Å². The molecule has 1 nitrogen and oxygen atoms in total. The molecule has 1 heterocycles. The molecule has 0 saturated carbocycles. The number of nitrogens with zero attached hydrogens (tertiary/aromatic N) is 1. The Hall–Kier alpha value is -1.08. The van der Waals surface area contributed by atoms with Crippen molar-refractivity contribution in [3.8, 4) is 6.07 Å². The first-order valence-corrected chi connectivity index (χ1v) is 7.29. The molecular weight excluding hydrogens is 330 g/mol. The van der Waals surface area contributed by atoms with E-state index in [0.717, 1.165) is 20.5 Å². The van der Waals surface area contributed by atoms with E-state index >= 15 is 0 Å². The van der Waals surface area contributed by atoms with Crippen molar-refractivity contribution in [2.24, 2.45) is 0 Å². The SMILES string of the molecule is Cc1ccc(Br)cc1C(Cl)=C(C#N)c1cccs1. The number of thiophene rings is 1. The summed E-state index contributed by atoms with van der Waals surface area (Å²) >= 11 is 11.3. The summed E-state index contributed by atoms with van der Waals surface area (Å²) in [6.45, 7) is 1.98. The molecule has 0 radical (unpaired) electrons. The number of halogens is 2. The first kappa shape index (κ1) is 13.4. The highest BCUT2D eigenvalue weighted by Crippen LogP contribution is 2.34. The van der Waals surface area contributed by atoms with E-state index in [2.05, 4.69) is 22.0 Å². The fourth-order valence-corrected chi connectivity index (χ4v) is 3.09. The van der Waals surface area contributed by atoms with Crippen LogP contribution in [0.5, 0.6) is 0 Å². The molecule has 0 bridgehead atoms. The first-order valence-electron chi connectivity index (χ1n) is 5.23. The quantitative estimate of drug-likeness (QED) is 0.668. The van der Waals surface area contributed by atoms with E-state index in [-0.39, 0.29) is 0 Å². The zero-order valence-electron chi connectivity index (χ0n) is 9.58. The minimum atomic E-state index is 0.499. The zero-order chi connectivity index (χ0) is 13.1. The second-order valence-corrected chi connectivity index (χ2v) is 5.98. The highest BCUT2D eigenvalue weighted by molar-refractivity contribution is 9.10. The first-order chi connectivity index (χ1) is 8.63. The average Bonchev–Trinajstić information content (AvgIpc) is 2.87. The Labute approximate surface area is 123 Å². The third-order valence-corrected chi connectivity index (χ3v) is 4.31. The van der Waals surface area contributed by atoms with Crippen molar-refractivity contribution in [1.29, 1.82) is 5.26 Å². The van der Waals surface area contributed by atoms with Crippen LogP contribution in [0.2, 0.25) is 0 Å². The summed E-state index contributed by atoms with van der Waals surface area (Å²) in [5.74, 6) is 0. The Balaban J connectivity index is 2.62. The van der Waals surface area contributed by atoms with Crippen LogP contribution in [-0.2, 0) is 0 Å². The van der Waals surface area contributed by atoms with Crippen LogP contribution in [0.4, 0.5) is 0 Å². The summed E-state index contributed by atoms with van der Waals surface area (Å²) < 4.78 is 0.949. The zero-order valence-corrected chi connectivity index (χ0v) is 12.7. The molecule has 18 heavy (non-hydrogen) atoms. The number of rotatable bonds is 2. The molecule has 0 N–H and O–H groups in total. The molecule has 0 aliphatic carbocycles. The van der Waals surface area contributed by atoms with Crippen LogP contribution in [0.25, 0.3) is 10.6 Å². The van der Waals surface area contributed by atoms with Crippen molar-refractivity contribution in [3.05, 3.63) is 56.2 Å². The third kappa shape index (κ3) is 2.67. The normalized spacial score (nSPS) is 11.9. The van der Waals surface area contributed by atoms with Crippen molar-refractivity contribution in [3.63, 3.8) is 0 Å². The molecule has 2 aromatic rings. The smallest absolute Gasteiger partial charge is 0.102 e. The lowest BCUT2D eigenvalue weighted by Crippen LogP contribution is -1.88. The van der Waals surface area contributed by atoms with E-state index in [9.17, 15) is 5.26 Å². The van der Waals surface area contributed by atoms with Gasteiger partial charge in [-0.25, -0.2) is 0 Å². The van der Waals surface area contributed by atoms with Crippen LogP contribution < -0.4 is 0 Å². The minimum Gasteiger partial charge on any atom is -0.192 e. The Morgan fingerprint density at radius 1 is 1.39 bits per heavy atom. The van der Waals surface area contributed by atoms with Crippen LogP contribution >= 0.6 is 38.9 Å². The summed E-state index contributed by atoms with van der Waals surface area (Å²) in [7, 11) is 0. The number of nitriles is 1. The van der Waals surface area contributed by atoms with Gasteiger partial charge in [0.25, 0.3) is 0 Å². The van der Waals surface area contributed by atoms with Crippen molar-refractivity contribution in [2.75, 3.05) is 0 Å². The Morgan fingerprint density at radius 2 is 2.17 bits per heavy atom. The molecular formula is C14H9BrClNS. The van der Waals surface area contributed by atoms with Gasteiger partial charge >= 0.3 is 0 Å². The molecule has 0 saturated heterocycles. The number of aryl methyl sites for hydroxylation is 1. The number of hydrogen-bond acceptors (Lipinski definition) is 2. The van der Waals surface area contributed by atoms with E-state index in [1.54, 1.807) is 0 Å². The maximum absolute atomic E-state index is 9.29. The minimum absolute atomic E-state index is 0.499. The van der Waals surface area contributed by atoms with Crippen molar-refractivity contribution < 1.29 is 0 Å². The summed E-state index contributed by atoms with van der Waals surface area (Å²) in [5, 5.41) is 11.7. The van der Waals surface area contributed by atoms with Gasteiger partial charge in [0.1, 0.15) is 6.07 Å². The average molecular weight is 339 g/mol. The van der Waals surface area contributed by atoms with E-state index in [1.165, 1.54) is 11.3 Å². The van der Waals surface area contributed by atoms with Gasteiger partial charge in [0.05, 0.1) is 10.6 Å². The third-order valence-electron chi connectivity index (χ3n) is 2.53. The molecule has 2 rings (SSSR count). The molecule has 0 atom stereocenters. The Bertz CT molecular complexity index is 638. The second-order valence-electron chi connectivity index (χ2n) is 3.74. The molecule has 0 fully saturated rings. The molecule has 1 aromatic carbocycles. The van der Waals surface area contributed by atoms with Gasteiger partial charge < -0.3 is 0 Å². The molecule has 1 aromatic heterocycles. The fourth-order valence-electron chi connectivity index (χ4n) is 1.60. The van der Waals surface area contributed by atoms with Gasteiger partial charge in [-0.1, -0.05) is 39.7 Å². The molecule has 0 amide bonds. The molecule has 90 valence electrons. The molecule has 0 aliphatic rings. The van der Waals surface area contributed by atoms with Gasteiger partial charge in [-0.2, -0.15) is 5.26 Å². The lowest BCUT2D eigenvalue weighted by Gasteiger charge is -2.07. The maximum atomic E-state index is 9.29. The van der Waals surface area contributed by atoms with Crippen LogP contribution in [0, 0.1) is 18.3 Å². The van der Waals surface area contributed by atoms with Crippen molar-refractivity contribution >= 4 is 49.5 Å². The predicted molar refractivity (Wildman–Crippen MR) is 81.5 cm³/mol. The summed E-state index contributed by atoms with van der Waals surface area (Å²) in [4.78, 5) is 0.891. The summed E-state index contributed by atoms with van der Waals surface area (Å²) in [6, 6.07) is 11.9. The number of benzene rings is 1.